The monoisotopic (exact) mass is 490 g/mol. The van der Waals surface area contributed by atoms with Gasteiger partial charge in [0.05, 0.1) is 55.8 Å². The van der Waals surface area contributed by atoms with Crippen molar-refractivity contribution in [1.82, 2.24) is 0 Å². The molecule has 1 atom stereocenters. The number of benzene rings is 2. The normalized spacial score (nSPS) is 15.2. The van der Waals surface area contributed by atoms with Crippen molar-refractivity contribution in [1.29, 1.82) is 5.26 Å². The fraction of sp³-hybridized carbons (Fsp3) is 0.231. The Balaban J connectivity index is 2.34. The molecule has 0 radical (unpaired) electrons. The number of amides is 1. The number of hydrogen-bond acceptors (Lipinski definition) is 9. The molecule has 3 rings (SSSR count). The lowest BCUT2D eigenvalue weighted by Crippen LogP contribution is -2.40. The van der Waals surface area contributed by atoms with E-state index in [0.29, 0.717) is 16.9 Å². The van der Waals surface area contributed by atoms with Gasteiger partial charge in [0.15, 0.2) is 0 Å². The number of rotatable bonds is 7. The molecule has 0 aromatic heterocycles. The van der Waals surface area contributed by atoms with Crippen LogP contribution in [-0.2, 0) is 23.9 Å². The maximum Gasteiger partial charge on any atom is 0.355 e. The molecular formula is C26H26N4O6. The highest BCUT2D eigenvalue weighted by Gasteiger charge is 2.43. The molecule has 0 fully saturated rings. The van der Waals surface area contributed by atoms with E-state index < -0.39 is 17.9 Å². The maximum absolute atomic E-state index is 13.1. The van der Waals surface area contributed by atoms with Gasteiger partial charge in [0.25, 0.3) is 0 Å². The molecule has 2 aromatic rings. The molecule has 10 heteroatoms. The van der Waals surface area contributed by atoms with Crippen molar-refractivity contribution in [3.8, 4) is 11.8 Å². The molecule has 36 heavy (non-hydrogen) atoms. The first kappa shape index (κ1) is 25.8. The summed E-state index contributed by atoms with van der Waals surface area (Å²) in [5.41, 5.74) is 7.47. The summed E-state index contributed by atoms with van der Waals surface area (Å²) in [6, 6.07) is 15.5. The van der Waals surface area contributed by atoms with Gasteiger partial charge < -0.3 is 25.3 Å². The minimum Gasteiger partial charge on any atom is -0.494 e. The highest BCUT2D eigenvalue weighted by atomic mass is 16.5. The van der Waals surface area contributed by atoms with Crippen LogP contribution in [0.25, 0.3) is 0 Å². The van der Waals surface area contributed by atoms with Crippen molar-refractivity contribution < 1.29 is 28.6 Å². The number of esters is 2. The van der Waals surface area contributed by atoms with Crippen LogP contribution in [0.1, 0.15) is 24.8 Å². The molecule has 1 unspecified atom stereocenters. The fourth-order valence-electron chi connectivity index (χ4n) is 3.94. The summed E-state index contributed by atoms with van der Waals surface area (Å²) in [6.45, 7) is 1.71. The summed E-state index contributed by atoms with van der Waals surface area (Å²) in [6.07, 6.45) is 0.261. The topological polar surface area (TPSA) is 144 Å². The van der Waals surface area contributed by atoms with Crippen LogP contribution in [0, 0.1) is 11.3 Å². The third-order valence-corrected chi connectivity index (χ3v) is 5.65. The third-order valence-electron chi connectivity index (χ3n) is 5.65. The van der Waals surface area contributed by atoms with E-state index in [1.165, 1.54) is 32.3 Å². The third kappa shape index (κ3) is 4.72. The number of nitriles is 1. The predicted molar refractivity (Wildman–Crippen MR) is 131 cm³/mol. The van der Waals surface area contributed by atoms with E-state index in [9.17, 15) is 19.6 Å². The quantitative estimate of drug-likeness (QED) is 0.560. The fourth-order valence-corrected chi connectivity index (χ4v) is 3.94. The molecule has 10 nitrogen and oxygen atoms in total. The van der Waals surface area contributed by atoms with E-state index in [0.717, 1.165) is 0 Å². The van der Waals surface area contributed by atoms with Crippen molar-refractivity contribution in [3.63, 3.8) is 0 Å². The molecular weight excluding hydrogens is 464 g/mol. The average molecular weight is 491 g/mol. The molecule has 1 heterocycles. The van der Waals surface area contributed by atoms with Crippen LogP contribution in [-0.4, -0.2) is 39.2 Å². The number of carbonyl (C=O) groups excluding carboxylic acids is 3. The molecule has 1 aliphatic heterocycles. The molecule has 0 bridgehead atoms. The number of hydrogen-bond donors (Lipinski definition) is 2. The number of anilines is 2. The van der Waals surface area contributed by atoms with Gasteiger partial charge in [-0.15, -0.1) is 0 Å². The van der Waals surface area contributed by atoms with Gasteiger partial charge in [-0.3, -0.25) is 9.69 Å². The second-order valence-electron chi connectivity index (χ2n) is 7.62. The molecule has 0 saturated carbocycles. The molecule has 3 N–H and O–H groups in total. The number of ether oxygens (including phenoxy) is 3. The summed E-state index contributed by atoms with van der Waals surface area (Å²) >= 11 is 0. The summed E-state index contributed by atoms with van der Waals surface area (Å²) in [5, 5.41) is 12.8. The first-order chi connectivity index (χ1) is 17.3. The number of methoxy groups -OCH3 is 3. The predicted octanol–water partition coefficient (Wildman–Crippen LogP) is 2.94. The Morgan fingerprint density at radius 2 is 1.72 bits per heavy atom. The molecule has 0 spiro atoms. The maximum atomic E-state index is 13.1. The van der Waals surface area contributed by atoms with E-state index in [2.05, 4.69) is 11.4 Å². The minimum atomic E-state index is -0.973. The molecule has 0 saturated heterocycles. The van der Waals surface area contributed by atoms with Gasteiger partial charge in [0.2, 0.25) is 5.91 Å². The Bertz CT molecular complexity index is 1290. The van der Waals surface area contributed by atoms with E-state index in [1.54, 1.807) is 49.4 Å². The first-order valence-electron chi connectivity index (χ1n) is 11.0. The summed E-state index contributed by atoms with van der Waals surface area (Å²) in [4.78, 5) is 39.4. The largest absolute Gasteiger partial charge is 0.494 e. The van der Waals surface area contributed by atoms with E-state index in [4.69, 9.17) is 19.9 Å². The van der Waals surface area contributed by atoms with Crippen molar-refractivity contribution in [2.24, 2.45) is 5.73 Å². The number of nitrogens with zero attached hydrogens (tertiary/aromatic N) is 2. The van der Waals surface area contributed by atoms with Crippen molar-refractivity contribution in [2.75, 3.05) is 31.5 Å². The average Bonchev–Trinajstić information content (AvgIpc) is 2.91. The van der Waals surface area contributed by atoms with Gasteiger partial charge >= 0.3 is 11.9 Å². The van der Waals surface area contributed by atoms with Crippen molar-refractivity contribution in [2.45, 2.75) is 19.3 Å². The zero-order valence-electron chi connectivity index (χ0n) is 20.3. The summed E-state index contributed by atoms with van der Waals surface area (Å²) in [5.74, 6) is -2.69. The standard InChI is InChI=1S/C26H26N4O6/c1-5-20(31)29-18-12-11-16(13-19(18)34-2)30-23(26(33)36-4)22(25(32)35-3)21(17(14-27)24(30)28)15-9-7-6-8-10-15/h6-13,21H,5,28H2,1-4H3,(H,29,31). The van der Waals surface area contributed by atoms with Gasteiger partial charge in [0, 0.05) is 12.5 Å². The number of nitrogens with two attached hydrogens (primary N) is 1. The van der Waals surface area contributed by atoms with Crippen LogP contribution in [0.5, 0.6) is 5.75 Å². The lowest BCUT2D eigenvalue weighted by Gasteiger charge is -2.36. The Hall–Kier alpha value is -4.78. The van der Waals surface area contributed by atoms with E-state index >= 15 is 0 Å². The highest BCUT2D eigenvalue weighted by Crippen LogP contribution is 2.44. The zero-order chi connectivity index (χ0) is 26.4. The van der Waals surface area contributed by atoms with Gasteiger partial charge in [-0.1, -0.05) is 37.3 Å². The number of carbonyl (C=O) groups is 3. The lowest BCUT2D eigenvalue weighted by molar-refractivity contribution is -0.139. The molecule has 1 aliphatic rings. The van der Waals surface area contributed by atoms with E-state index in [-0.39, 0.29) is 40.7 Å². The van der Waals surface area contributed by atoms with Crippen molar-refractivity contribution >= 4 is 29.2 Å². The Morgan fingerprint density at radius 1 is 1.06 bits per heavy atom. The van der Waals surface area contributed by atoms with Crippen LogP contribution in [0.2, 0.25) is 0 Å². The second kappa shape index (κ2) is 11.1. The Kier molecular flexibility index (Phi) is 7.96. The summed E-state index contributed by atoms with van der Waals surface area (Å²) in [7, 11) is 3.77. The lowest BCUT2D eigenvalue weighted by atomic mass is 9.81. The van der Waals surface area contributed by atoms with Crippen LogP contribution < -0.4 is 20.7 Å². The number of nitrogens with one attached hydrogen (secondary N) is 1. The second-order valence-corrected chi connectivity index (χ2v) is 7.62. The number of allylic oxidation sites excluding steroid dienone is 1. The minimum absolute atomic E-state index is 0.0385. The van der Waals surface area contributed by atoms with Crippen LogP contribution in [0.3, 0.4) is 0 Å². The van der Waals surface area contributed by atoms with E-state index in [1.807, 2.05) is 0 Å². The van der Waals surface area contributed by atoms with Crippen molar-refractivity contribution in [3.05, 3.63) is 76.8 Å². The summed E-state index contributed by atoms with van der Waals surface area (Å²) < 4.78 is 15.5. The van der Waals surface area contributed by atoms with Gasteiger partial charge in [-0.05, 0) is 17.7 Å². The van der Waals surface area contributed by atoms with Gasteiger partial charge in [-0.2, -0.15) is 5.26 Å². The van der Waals surface area contributed by atoms with Crippen LogP contribution in [0.4, 0.5) is 11.4 Å². The Labute approximate surface area is 208 Å². The van der Waals surface area contributed by atoms with Gasteiger partial charge in [0.1, 0.15) is 17.3 Å². The van der Waals surface area contributed by atoms with Crippen LogP contribution in [0.15, 0.2) is 71.2 Å². The highest BCUT2D eigenvalue weighted by molar-refractivity contribution is 6.06. The molecule has 186 valence electrons. The zero-order valence-corrected chi connectivity index (χ0v) is 20.3. The van der Waals surface area contributed by atoms with Gasteiger partial charge in [-0.25, -0.2) is 9.59 Å². The Morgan fingerprint density at radius 3 is 2.28 bits per heavy atom. The van der Waals surface area contributed by atoms with Crippen LogP contribution >= 0.6 is 0 Å². The first-order valence-corrected chi connectivity index (χ1v) is 11.0. The SMILES string of the molecule is CCC(=O)Nc1ccc(N2C(N)=C(C#N)C(c3ccccc3)C(C(=O)OC)=C2C(=O)OC)cc1OC. The molecule has 1 amide bonds. The molecule has 0 aliphatic carbocycles. The smallest absolute Gasteiger partial charge is 0.355 e. The molecule has 2 aromatic carbocycles.